The summed E-state index contributed by atoms with van der Waals surface area (Å²) in [5, 5.41) is 5.05. The molecule has 1 aromatic heterocycles. The Labute approximate surface area is 185 Å². The lowest BCUT2D eigenvalue weighted by molar-refractivity contribution is 0.0734. The van der Waals surface area contributed by atoms with Crippen LogP contribution in [0.2, 0.25) is 5.02 Å². The summed E-state index contributed by atoms with van der Waals surface area (Å²) in [7, 11) is 1.43. The summed E-state index contributed by atoms with van der Waals surface area (Å²) in [5.74, 6) is -0.0941. The van der Waals surface area contributed by atoms with Crippen molar-refractivity contribution in [3.8, 4) is 11.4 Å². The van der Waals surface area contributed by atoms with E-state index >= 15 is 0 Å². The highest BCUT2D eigenvalue weighted by molar-refractivity contribution is 6.33. The van der Waals surface area contributed by atoms with Gasteiger partial charge in [-0.25, -0.2) is 0 Å². The molecule has 0 unspecified atom stereocenters. The number of aryl methyl sites for hydroxylation is 1. The molecule has 0 N–H and O–H groups in total. The molecule has 2 aromatic carbocycles. The second-order valence-corrected chi connectivity index (χ2v) is 7.78. The number of para-hydroxylation sites is 1. The van der Waals surface area contributed by atoms with E-state index in [2.05, 4.69) is 10.00 Å². The standard InChI is InChI=1S/C23H23ClN4O3/c1-16-7-9-17(10-8-16)28-21(29)15-20(31-2)22(25-28)23(30)27-13-11-26(12-14-27)19-6-4-3-5-18(19)24/h3-10,15H,11-14H2,1-2H3. The van der Waals surface area contributed by atoms with Gasteiger partial charge in [0.15, 0.2) is 11.4 Å². The Morgan fingerprint density at radius 3 is 2.35 bits per heavy atom. The number of nitrogens with zero attached hydrogens (tertiary/aromatic N) is 4. The number of methoxy groups -OCH3 is 1. The Bertz CT molecular complexity index is 1150. The minimum Gasteiger partial charge on any atom is -0.494 e. The fraction of sp³-hybridized carbons (Fsp3) is 0.261. The molecule has 0 aliphatic carbocycles. The molecule has 7 nitrogen and oxygen atoms in total. The van der Waals surface area contributed by atoms with Gasteiger partial charge in [0.25, 0.3) is 11.5 Å². The molecule has 1 aliphatic heterocycles. The SMILES string of the molecule is COc1cc(=O)n(-c2ccc(C)cc2)nc1C(=O)N1CCN(c2ccccc2Cl)CC1. The quantitative estimate of drug-likeness (QED) is 0.626. The van der Waals surface area contributed by atoms with Crippen LogP contribution in [-0.2, 0) is 0 Å². The Morgan fingerprint density at radius 1 is 1.03 bits per heavy atom. The summed E-state index contributed by atoms with van der Waals surface area (Å²) in [6.07, 6.45) is 0. The number of hydrogen-bond donors (Lipinski definition) is 0. The molecule has 1 saturated heterocycles. The van der Waals surface area contributed by atoms with Gasteiger partial charge in [0.1, 0.15) is 0 Å². The largest absolute Gasteiger partial charge is 0.494 e. The summed E-state index contributed by atoms with van der Waals surface area (Å²) in [5.41, 5.74) is 2.38. The molecule has 1 amide bonds. The first kappa shape index (κ1) is 20.9. The van der Waals surface area contributed by atoms with E-state index in [0.717, 1.165) is 11.3 Å². The van der Waals surface area contributed by atoms with Gasteiger partial charge < -0.3 is 14.5 Å². The zero-order valence-electron chi connectivity index (χ0n) is 17.4. The third-order valence-electron chi connectivity index (χ3n) is 5.36. The molecule has 160 valence electrons. The van der Waals surface area contributed by atoms with Crippen molar-refractivity contribution in [2.75, 3.05) is 38.2 Å². The van der Waals surface area contributed by atoms with Crippen LogP contribution in [0.4, 0.5) is 5.69 Å². The summed E-state index contributed by atoms with van der Waals surface area (Å²) < 4.78 is 6.53. The Balaban J connectivity index is 1.58. The summed E-state index contributed by atoms with van der Waals surface area (Å²) in [4.78, 5) is 29.7. The molecule has 0 bridgehead atoms. The van der Waals surface area contributed by atoms with Crippen molar-refractivity contribution >= 4 is 23.2 Å². The van der Waals surface area contributed by atoms with Crippen LogP contribution < -0.4 is 15.2 Å². The average Bonchev–Trinajstić information content (AvgIpc) is 2.79. The topological polar surface area (TPSA) is 67.7 Å². The number of piperazine rings is 1. The highest BCUT2D eigenvalue weighted by atomic mass is 35.5. The molecule has 8 heteroatoms. The zero-order chi connectivity index (χ0) is 22.0. The lowest BCUT2D eigenvalue weighted by Gasteiger charge is -2.36. The van der Waals surface area contributed by atoms with Gasteiger partial charge in [-0.2, -0.15) is 9.78 Å². The van der Waals surface area contributed by atoms with Crippen molar-refractivity contribution in [2.45, 2.75) is 6.92 Å². The van der Waals surface area contributed by atoms with Crippen LogP contribution in [-0.4, -0.2) is 53.9 Å². The second-order valence-electron chi connectivity index (χ2n) is 7.38. The second kappa shape index (κ2) is 8.81. The smallest absolute Gasteiger partial charge is 0.278 e. The Kier molecular flexibility index (Phi) is 5.95. The lowest BCUT2D eigenvalue weighted by atomic mass is 10.2. The summed E-state index contributed by atoms with van der Waals surface area (Å²) in [6.45, 7) is 4.28. The van der Waals surface area contributed by atoms with Gasteiger partial charge in [-0.15, -0.1) is 0 Å². The van der Waals surface area contributed by atoms with E-state index in [-0.39, 0.29) is 22.9 Å². The van der Waals surface area contributed by atoms with Crippen LogP contribution in [0.25, 0.3) is 5.69 Å². The van der Waals surface area contributed by atoms with E-state index < -0.39 is 0 Å². The van der Waals surface area contributed by atoms with E-state index in [1.807, 2.05) is 43.3 Å². The molecule has 1 fully saturated rings. The predicted octanol–water partition coefficient (Wildman–Crippen LogP) is 3.17. The number of aromatic nitrogens is 2. The molecule has 1 aliphatic rings. The molecule has 31 heavy (non-hydrogen) atoms. The van der Waals surface area contributed by atoms with Gasteiger partial charge in [0, 0.05) is 26.2 Å². The lowest BCUT2D eigenvalue weighted by Crippen LogP contribution is -2.49. The van der Waals surface area contributed by atoms with Gasteiger partial charge in [-0.05, 0) is 31.2 Å². The van der Waals surface area contributed by atoms with Crippen molar-refractivity contribution in [1.29, 1.82) is 0 Å². The fourth-order valence-corrected chi connectivity index (χ4v) is 3.88. The van der Waals surface area contributed by atoms with Crippen molar-refractivity contribution in [1.82, 2.24) is 14.7 Å². The number of amides is 1. The first-order valence-corrected chi connectivity index (χ1v) is 10.4. The summed E-state index contributed by atoms with van der Waals surface area (Å²) in [6, 6.07) is 16.4. The first-order chi connectivity index (χ1) is 15.0. The number of carbonyl (C=O) groups excluding carboxylic acids is 1. The number of ether oxygens (including phenoxy) is 1. The monoisotopic (exact) mass is 438 g/mol. The van der Waals surface area contributed by atoms with E-state index in [4.69, 9.17) is 16.3 Å². The average molecular weight is 439 g/mol. The van der Waals surface area contributed by atoms with Crippen molar-refractivity contribution in [3.05, 3.63) is 81.2 Å². The maximum Gasteiger partial charge on any atom is 0.278 e. The molecule has 0 spiro atoms. The van der Waals surface area contributed by atoms with Gasteiger partial charge in [0.05, 0.1) is 29.6 Å². The highest BCUT2D eigenvalue weighted by Crippen LogP contribution is 2.26. The number of hydrogen-bond acceptors (Lipinski definition) is 5. The molecular weight excluding hydrogens is 416 g/mol. The maximum atomic E-state index is 13.3. The van der Waals surface area contributed by atoms with Crippen LogP contribution in [0.5, 0.6) is 5.75 Å². The maximum absolute atomic E-state index is 13.3. The van der Waals surface area contributed by atoms with E-state index in [1.54, 1.807) is 17.0 Å². The van der Waals surface area contributed by atoms with Crippen LogP contribution >= 0.6 is 11.6 Å². The normalized spacial score (nSPS) is 13.9. The number of carbonyl (C=O) groups is 1. The van der Waals surface area contributed by atoms with Gasteiger partial charge in [-0.3, -0.25) is 9.59 Å². The third kappa shape index (κ3) is 4.27. The number of anilines is 1. The van der Waals surface area contributed by atoms with Crippen molar-refractivity contribution in [3.63, 3.8) is 0 Å². The predicted molar refractivity (Wildman–Crippen MR) is 121 cm³/mol. The molecule has 0 atom stereocenters. The van der Waals surface area contributed by atoms with E-state index in [1.165, 1.54) is 17.9 Å². The zero-order valence-corrected chi connectivity index (χ0v) is 18.2. The molecular formula is C23H23ClN4O3. The minimum atomic E-state index is -0.360. The third-order valence-corrected chi connectivity index (χ3v) is 5.68. The summed E-state index contributed by atoms with van der Waals surface area (Å²) >= 11 is 6.31. The molecule has 2 heterocycles. The van der Waals surface area contributed by atoms with E-state index in [9.17, 15) is 9.59 Å². The van der Waals surface area contributed by atoms with Crippen LogP contribution in [0.15, 0.2) is 59.4 Å². The van der Waals surface area contributed by atoms with Crippen molar-refractivity contribution < 1.29 is 9.53 Å². The number of rotatable bonds is 4. The van der Waals surface area contributed by atoms with E-state index in [0.29, 0.717) is 36.9 Å². The molecule has 3 aromatic rings. The van der Waals surface area contributed by atoms with Crippen LogP contribution in [0.3, 0.4) is 0 Å². The van der Waals surface area contributed by atoms with Gasteiger partial charge >= 0.3 is 0 Å². The Morgan fingerprint density at radius 2 is 1.71 bits per heavy atom. The van der Waals surface area contributed by atoms with Gasteiger partial charge in [-0.1, -0.05) is 41.4 Å². The van der Waals surface area contributed by atoms with Gasteiger partial charge in [0.2, 0.25) is 0 Å². The Hall–Kier alpha value is -3.32. The fourth-order valence-electron chi connectivity index (χ4n) is 3.62. The first-order valence-electron chi connectivity index (χ1n) is 10.0. The number of benzene rings is 2. The molecule has 0 radical (unpaired) electrons. The number of halogens is 1. The van der Waals surface area contributed by atoms with Crippen LogP contribution in [0, 0.1) is 6.92 Å². The molecule has 4 rings (SSSR count). The van der Waals surface area contributed by atoms with Crippen LogP contribution in [0.1, 0.15) is 16.1 Å². The molecule has 0 saturated carbocycles. The van der Waals surface area contributed by atoms with Crippen molar-refractivity contribution in [2.24, 2.45) is 0 Å². The highest BCUT2D eigenvalue weighted by Gasteiger charge is 2.27. The minimum absolute atomic E-state index is 0.119.